The van der Waals surface area contributed by atoms with Crippen LogP contribution in [0.15, 0.2) is 45.8 Å². The Morgan fingerprint density at radius 1 is 1.06 bits per heavy atom. The number of benzene rings is 2. The summed E-state index contributed by atoms with van der Waals surface area (Å²) < 4.78 is 33.5. The number of urea groups is 1. The van der Waals surface area contributed by atoms with E-state index in [0.29, 0.717) is 10.2 Å². The molecule has 0 bridgehead atoms. The first-order valence-corrected chi connectivity index (χ1v) is 12.8. The van der Waals surface area contributed by atoms with Gasteiger partial charge in [-0.3, -0.25) is 0 Å². The van der Waals surface area contributed by atoms with Gasteiger partial charge in [0.25, 0.3) is 0 Å². The van der Waals surface area contributed by atoms with Gasteiger partial charge in [0.05, 0.1) is 16.4 Å². The predicted octanol–water partition coefficient (Wildman–Crippen LogP) is 4.65. The number of phenolic OH excluding ortho intramolecular Hbond substituents is 1. The molecule has 0 aliphatic rings. The van der Waals surface area contributed by atoms with E-state index < -0.39 is 38.4 Å². The Morgan fingerprint density at radius 2 is 1.71 bits per heavy atom. The second kappa shape index (κ2) is 11.7. The topological polar surface area (TPSA) is 146 Å². The number of hydrogen-bond acceptors (Lipinski definition) is 6. The molecule has 0 atom stereocenters. The van der Waals surface area contributed by atoms with Gasteiger partial charge in [-0.2, -0.15) is 0 Å². The second-order valence-electron chi connectivity index (χ2n) is 8.01. The van der Waals surface area contributed by atoms with E-state index in [-0.39, 0.29) is 30.2 Å². The predicted molar refractivity (Wildman–Crippen MR) is 134 cm³/mol. The summed E-state index contributed by atoms with van der Waals surface area (Å²) in [5.41, 5.74) is -0.322. The number of sulfonamides is 1. The molecule has 0 unspecified atom stereocenters. The first-order valence-electron chi connectivity index (χ1n) is 10.1. The number of hydrogen-bond donors (Lipinski definition) is 5. The van der Waals surface area contributed by atoms with Crippen LogP contribution >= 0.6 is 27.5 Å². The summed E-state index contributed by atoms with van der Waals surface area (Å²) in [5.74, 6) is -0.714. The van der Waals surface area contributed by atoms with Crippen LogP contribution in [0.5, 0.6) is 5.75 Å². The number of aromatic hydroxyl groups is 1. The zero-order chi connectivity index (χ0) is 25.5. The number of anilines is 2. The van der Waals surface area contributed by atoms with Gasteiger partial charge in [0.1, 0.15) is 10.5 Å². The zero-order valence-electron chi connectivity index (χ0n) is 18.7. The smallest absolute Gasteiger partial charge is 0.407 e. The van der Waals surface area contributed by atoms with E-state index in [2.05, 4.69) is 36.6 Å². The molecule has 34 heavy (non-hydrogen) atoms. The molecule has 3 amide bonds. The van der Waals surface area contributed by atoms with E-state index in [0.717, 1.165) is 0 Å². The molecule has 0 saturated carbocycles. The minimum Gasteiger partial charge on any atom is -0.504 e. The third-order valence-electron chi connectivity index (χ3n) is 4.04. The Balaban J connectivity index is 2.01. The first kappa shape index (κ1) is 27.7. The fraction of sp³-hybridized carbons (Fsp3) is 0.333. The molecule has 5 N–H and O–H groups in total. The summed E-state index contributed by atoms with van der Waals surface area (Å²) in [7, 11) is -4.23. The largest absolute Gasteiger partial charge is 0.504 e. The zero-order valence-corrected chi connectivity index (χ0v) is 21.9. The number of carbonyl (C=O) groups excluding carboxylic acids is 2. The minimum atomic E-state index is -4.23. The maximum atomic E-state index is 12.7. The van der Waals surface area contributed by atoms with Crippen LogP contribution in [0.3, 0.4) is 0 Å². The van der Waals surface area contributed by atoms with Gasteiger partial charge in [0.2, 0.25) is 10.0 Å². The monoisotopic (exact) mass is 576 g/mol. The van der Waals surface area contributed by atoms with Gasteiger partial charge in [-0.05, 0) is 67.4 Å². The van der Waals surface area contributed by atoms with Crippen molar-refractivity contribution in [2.24, 2.45) is 0 Å². The van der Waals surface area contributed by atoms with E-state index in [9.17, 15) is 23.1 Å². The fourth-order valence-electron chi connectivity index (χ4n) is 2.61. The second-order valence-corrected chi connectivity index (χ2v) is 11.0. The lowest BCUT2D eigenvalue weighted by Gasteiger charge is -2.19. The van der Waals surface area contributed by atoms with Gasteiger partial charge in [-0.25, -0.2) is 22.7 Å². The van der Waals surface area contributed by atoms with Gasteiger partial charge in [-0.1, -0.05) is 23.7 Å². The standard InChI is InChI=1S/C21H26BrClN4O6S/c1-21(2,3)33-20(30)24-11-6-12-25-34(31,32)18-14(23)9-10-16(17(18)28)27-19(29)26-15-8-5-4-7-13(15)22/h4-5,7-10,25,28H,6,11-12H2,1-3H3,(H,24,30)(H2,26,27,29). The molecule has 0 saturated heterocycles. The number of carbonyl (C=O) groups is 2. The third kappa shape index (κ3) is 8.35. The van der Waals surface area contributed by atoms with Gasteiger partial charge in [0, 0.05) is 17.6 Å². The maximum Gasteiger partial charge on any atom is 0.407 e. The van der Waals surface area contributed by atoms with Crippen LogP contribution in [-0.2, 0) is 14.8 Å². The highest BCUT2D eigenvalue weighted by Gasteiger charge is 2.25. The van der Waals surface area contributed by atoms with Crippen molar-refractivity contribution in [3.63, 3.8) is 0 Å². The third-order valence-corrected chi connectivity index (χ3v) is 6.69. The van der Waals surface area contributed by atoms with Crippen molar-refractivity contribution in [1.29, 1.82) is 0 Å². The highest BCUT2D eigenvalue weighted by molar-refractivity contribution is 9.10. The van der Waals surface area contributed by atoms with E-state index >= 15 is 0 Å². The molecule has 2 rings (SSSR count). The average molecular weight is 578 g/mol. The van der Waals surface area contributed by atoms with Crippen molar-refractivity contribution in [2.75, 3.05) is 23.7 Å². The van der Waals surface area contributed by atoms with Crippen molar-refractivity contribution < 1.29 is 27.9 Å². The summed E-state index contributed by atoms with van der Waals surface area (Å²) in [6.07, 6.45) is -0.362. The van der Waals surface area contributed by atoms with Crippen LogP contribution in [0.25, 0.3) is 0 Å². The quantitative estimate of drug-likeness (QED) is 0.228. The Kier molecular flexibility index (Phi) is 9.56. The summed E-state index contributed by atoms with van der Waals surface area (Å²) in [6, 6.07) is 8.70. The molecule has 0 spiro atoms. The Hall–Kier alpha value is -2.54. The molecular formula is C21H26BrClN4O6S. The van der Waals surface area contributed by atoms with Crippen molar-refractivity contribution in [2.45, 2.75) is 37.7 Å². The van der Waals surface area contributed by atoms with E-state index in [1.54, 1.807) is 45.0 Å². The van der Waals surface area contributed by atoms with Gasteiger partial charge < -0.3 is 25.8 Å². The van der Waals surface area contributed by atoms with Crippen LogP contribution in [0.2, 0.25) is 5.02 Å². The van der Waals surface area contributed by atoms with E-state index in [1.807, 2.05) is 0 Å². The molecule has 0 aromatic heterocycles. The minimum absolute atomic E-state index is 0.0475. The number of para-hydroxylation sites is 1. The number of ether oxygens (including phenoxy) is 1. The molecule has 0 aliphatic carbocycles. The van der Waals surface area contributed by atoms with Crippen molar-refractivity contribution in [1.82, 2.24) is 10.0 Å². The lowest BCUT2D eigenvalue weighted by atomic mass is 10.2. The first-order chi connectivity index (χ1) is 15.8. The molecule has 0 fully saturated rings. The summed E-state index contributed by atoms with van der Waals surface area (Å²) >= 11 is 9.33. The molecule has 186 valence electrons. The van der Waals surface area contributed by atoms with Crippen LogP contribution < -0.4 is 20.7 Å². The normalized spacial score (nSPS) is 11.6. The number of amides is 3. The summed E-state index contributed by atoms with van der Waals surface area (Å²) in [4.78, 5) is 23.4. The van der Waals surface area contributed by atoms with E-state index in [1.165, 1.54) is 12.1 Å². The lowest BCUT2D eigenvalue weighted by molar-refractivity contribution is 0.0527. The summed E-state index contributed by atoms with van der Waals surface area (Å²) in [5, 5.41) is 17.8. The average Bonchev–Trinajstić information content (AvgIpc) is 2.70. The van der Waals surface area contributed by atoms with E-state index in [4.69, 9.17) is 16.3 Å². The van der Waals surface area contributed by atoms with Gasteiger partial charge >= 0.3 is 12.1 Å². The van der Waals surface area contributed by atoms with Crippen LogP contribution in [0.1, 0.15) is 27.2 Å². The Morgan fingerprint density at radius 3 is 2.35 bits per heavy atom. The fourth-order valence-corrected chi connectivity index (χ4v) is 4.70. The Labute approximate surface area is 211 Å². The molecular weight excluding hydrogens is 552 g/mol. The molecule has 10 nitrogen and oxygen atoms in total. The summed E-state index contributed by atoms with van der Waals surface area (Å²) in [6.45, 7) is 5.29. The number of nitrogens with one attached hydrogen (secondary N) is 4. The van der Waals surface area contributed by atoms with Crippen LogP contribution in [0, 0.1) is 0 Å². The molecule has 0 heterocycles. The molecule has 0 radical (unpaired) electrons. The molecule has 13 heteroatoms. The SMILES string of the molecule is CC(C)(C)OC(=O)NCCCNS(=O)(=O)c1c(Cl)ccc(NC(=O)Nc2ccccc2Br)c1O. The van der Waals surface area contributed by atoms with Crippen molar-refractivity contribution >= 4 is 61.1 Å². The number of phenols is 1. The Bertz CT molecular complexity index is 1150. The lowest BCUT2D eigenvalue weighted by Crippen LogP contribution is -2.34. The molecule has 2 aromatic carbocycles. The number of halogens is 2. The van der Waals surface area contributed by atoms with Crippen molar-refractivity contribution in [3.8, 4) is 5.75 Å². The number of rotatable bonds is 8. The maximum absolute atomic E-state index is 12.7. The van der Waals surface area contributed by atoms with Crippen molar-refractivity contribution in [3.05, 3.63) is 45.9 Å². The molecule has 2 aromatic rings. The number of alkyl carbamates (subject to hydrolysis) is 1. The highest BCUT2D eigenvalue weighted by atomic mass is 79.9. The van der Waals surface area contributed by atoms with Crippen LogP contribution in [0.4, 0.5) is 21.0 Å². The molecule has 0 aliphatic heterocycles. The van der Waals surface area contributed by atoms with Gasteiger partial charge in [0.15, 0.2) is 5.75 Å². The van der Waals surface area contributed by atoms with Crippen LogP contribution in [-0.4, -0.2) is 44.3 Å². The van der Waals surface area contributed by atoms with Gasteiger partial charge in [-0.15, -0.1) is 0 Å². The highest BCUT2D eigenvalue weighted by Crippen LogP contribution is 2.37.